The predicted octanol–water partition coefficient (Wildman–Crippen LogP) is 1.12. The number of carboxylic acid groups (broad SMARTS) is 1. The molecule has 8 nitrogen and oxygen atoms in total. The Morgan fingerprint density at radius 1 is 1.38 bits per heavy atom. The van der Waals surface area contributed by atoms with Crippen LogP contribution in [-0.2, 0) is 4.79 Å². The molecule has 1 amide bonds. The first kappa shape index (κ1) is 17.8. The number of carbonyl (C=O) groups excluding carboxylic acids is 1. The van der Waals surface area contributed by atoms with Gasteiger partial charge in [-0.25, -0.2) is 9.48 Å². The van der Waals surface area contributed by atoms with Crippen LogP contribution in [0.25, 0.3) is 5.69 Å². The molecule has 24 heavy (non-hydrogen) atoms. The summed E-state index contributed by atoms with van der Waals surface area (Å²) in [5, 5.41) is 24.1. The molecule has 2 rings (SSSR count). The van der Waals surface area contributed by atoms with Gasteiger partial charge in [0.1, 0.15) is 5.69 Å². The molecule has 0 bridgehead atoms. The highest BCUT2D eigenvalue weighted by Crippen LogP contribution is 2.14. The number of aromatic nitrogens is 2. The van der Waals surface area contributed by atoms with Crippen molar-refractivity contribution in [3.05, 3.63) is 51.4 Å². The molecule has 4 N–H and O–H groups in total. The Hall–Kier alpha value is -2.58. The minimum Gasteiger partial charge on any atom is -0.478 e. The van der Waals surface area contributed by atoms with E-state index in [0.29, 0.717) is 17.1 Å². The van der Waals surface area contributed by atoms with Crippen LogP contribution < -0.4 is 10.9 Å². The predicted molar refractivity (Wildman–Crippen MR) is 86.4 cm³/mol. The molecule has 1 aromatic carbocycles. The number of aliphatic carboxylic acids is 1. The van der Waals surface area contributed by atoms with Crippen LogP contribution >= 0.6 is 11.6 Å². The molecule has 1 unspecified atom stereocenters. The van der Waals surface area contributed by atoms with E-state index in [1.807, 2.05) is 5.32 Å². The Labute approximate surface area is 141 Å². The third-order valence-corrected chi connectivity index (χ3v) is 3.55. The zero-order valence-electron chi connectivity index (χ0n) is 12.7. The maximum atomic E-state index is 12.2. The number of halogens is 1. The molecule has 1 atom stereocenters. The number of aliphatic hydroxyl groups is 1. The van der Waals surface area contributed by atoms with E-state index in [1.54, 1.807) is 25.1 Å². The third kappa shape index (κ3) is 3.66. The van der Waals surface area contributed by atoms with Crippen LogP contribution in [0.15, 0.2) is 35.1 Å². The number of nitrogens with one attached hydrogen (secondary N) is 2. The van der Waals surface area contributed by atoms with Gasteiger partial charge in [0.05, 0.1) is 5.69 Å². The van der Waals surface area contributed by atoms with Gasteiger partial charge in [0, 0.05) is 17.5 Å². The normalized spacial score (nSPS) is 13.3. The van der Waals surface area contributed by atoms with Crippen molar-refractivity contribution >= 4 is 23.5 Å². The van der Waals surface area contributed by atoms with Crippen molar-refractivity contribution < 1.29 is 19.8 Å². The zero-order valence-corrected chi connectivity index (χ0v) is 13.5. The number of benzene rings is 1. The van der Waals surface area contributed by atoms with Gasteiger partial charge in [0.15, 0.2) is 0 Å². The van der Waals surface area contributed by atoms with Crippen molar-refractivity contribution in [3.63, 3.8) is 0 Å². The fourth-order valence-corrected chi connectivity index (χ4v) is 2.34. The van der Waals surface area contributed by atoms with Crippen LogP contribution in [0, 0.1) is 0 Å². The number of hydrogen-bond donors (Lipinski definition) is 4. The monoisotopic (exact) mass is 353 g/mol. The molecule has 0 radical (unpaired) electrons. The van der Waals surface area contributed by atoms with Gasteiger partial charge < -0.3 is 15.5 Å². The maximum Gasteiger partial charge on any atom is 0.357 e. The number of carboxylic acids is 1. The molecule has 0 spiro atoms. The summed E-state index contributed by atoms with van der Waals surface area (Å²) in [5.41, 5.74) is -2.71. The summed E-state index contributed by atoms with van der Waals surface area (Å²) in [5.74, 6) is -2.49. The van der Waals surface area contributed by atoms with Gasteiger partial charge in [-0.15, -0.1) is 0 Å². The molecule has 2 aromatic rings. The summed E-state index contributed by atoms with van der Waals surface area (Å²) in [6.07, 6.45) is 0.163. The average Bonchev–Trinajstić information content (AvgIpc) is 2.89. The second kappa shape index (κ2) is 6.90. The van der Waals surface area contributed by atoms with Crippen molar-refractivity contribution in [2.75, 3.05) is 0 Å². The first-order valence-electron chi connectivity index (χ1n) is 7.13. The molecule has 9 heteroatoms. The number of hydrogen-bond acceptors (Lipinski definition) is 4. The Morgan fingerprint density at radius 2 is 2.08 bits per heavy atom. The summed E-state index contributed by atoms with van der Waals surface area (Å²) in [4.78, 5) is 35.3. The highest BCUT2D eigenvalue weighted by molar-refractivity contribution is 6.30. The molecule has 0 fully saturated rings. The Balaban J connectivity index is 2.31. The highest BCUT2D eigenvalue weighted by Gasteiger charge is 2.37. The summed E-state index contributed by atoms with van der Waals surface area (Å²) >= 11 is 5.87. The van der Waals surface area contributed by atoms with Crippen LogP contribution in [-0.4, -0.2) is 37.6 Å². The smallest absolute Gasteiger partial charge is 0.357 e. The number of nitrogens with zero attached hydrogens (tertiary/aromatic N) is 1. The summed E-state index contributed by atoms with van der Waals surface area (Å²) < 4.78 is 1.08. The molecule has 0 saturated heterocycles. The van der Waals surface area contributed by atoms with E-state index in [9.17, 15) is 19.5 Å². The lowest BCUT2D eigenvalue weighted by molar-refractivity contribution is -0.161. The number of amides is 1. The fraction of sp³-hybridized carbons (Fsp3) is 0.267. The first-order chi connectivity index (χ1) is 11.3. The number of H-pyrrole nitrogens is 1. The number of carbonyl (C=O) groups is 2. The van der Waals surface area contributed by atoms with E-state index in [4.69, 9.17) is 16.7 Å². The van der Waals surface area contributed by atoms with E-state index in [2.05, 4.69) is 5.10 Å². The van der Waals surface area contributed by atoms with Gasteiger partial charge in [-0.2, -0.15) is 0 Å². The van der Waals surface area contributed by atoms with Gasteiger partial charge >= 0.3 is 5.97 Å². The minimum atomic E-state index is -2.40. The zero-order chi connectivity index (χ0) is 17.9. The third-order valence-electron chi connectivity index (χ3n) is 3.32. The van der Waals surface area contributed by atoms with Gasteiger partial charge in [-0.1, -0.05) is 31.0 Å². The maximum absolute atomic E-state index is 12.2. The van der Waals surface area contributed by atoms with E-state index in [1.165, 1.54) is 6.07 Å². The van der Waals surface area contributed by atoms with Gasteiger partial charge in [-0.3, -0.25) is 14.7 Å². The lowest BCUT2D eigenvalue weighted by Gasteiger charge is -2.23. The summed E-state index contributed by atoms with van der Waals surface area (Å²) in [7, 11) is 0. The molecule has 0 aliphatic carbocycles. The molecule has 128 valence electrons. The van der Waals surface area contributed by atoms with Crippen LogP contribution in [0.5, 0.6) is 0 Å². The molecule has 1 heterocycles. The Kier molecular flexibility index (Phi) is 5.10. The van der Waals surface area contributed by atoms with Crippen molar-refractivity contribution in [1.29, 1.82) is 0 Å². The van der Waals surface area contributed by atoms with Gasteiger partial charge in [-0.05, 0) is 18.2 Å². The van der Waals surface area contributed by atoms with Crippen LogP contribution in [0.4, 0.5) is 0 Å². The average molecular weight is 354 g/mol. The first-order valence-corrected chi connectivity index (χ1v) is 7.51. The van der Waals surface area contributed by atoms with Gasteiger partial charge in [0.2, 0.25) is 5.72 Å². The van der Waals surface area contributed by atoms with Crippen molar-refractivity contribution in [3.8, 4) is 5.69 Å². The lowest BCUT2D eigenvalue weighted by atomic mass is 10.1. The van der Waals surface area contributed by atoms with E-state index >= 15 is 0 Å². The Morgan fingerprint density at radius 3 is 2.67 bits per heavy atom. The van der Waals surface area contributed by atoms with Crippen LogP contribution in [0.2, 0.25) is 5.02 Å². The van der Waals surface area contributed by atoms with Gasteiger partial charge in [0.25, 0.3) is 11.5 Å². The van der Waals surface area contributed by atoms with Crippen LogP contribution in [0.1, 0.15) is 30.3 Å². The summed E-state index contributed by atoms with van der Waals surface area (Å²) in [6, 6.07) is 7.39. The topological polar surface area (TPSA) is 124 Å². The lowest BCUT2D eigenvalue weighted by Crippen LogP contribution is -2.54. The number of aromatic amines is 1. The van der Waals surface area contributed by atoms with E-state index < -0.39 is 23.2 Å². The minimum absolute atomic E-state index is 0.173. The molecule has 0 aliphatic rings. The second-order valence-corrected chi connectivity index (χ2v) is 5.63. The Bertz CT molecular complexity index is 829. The van der Waals surface area contributed by atoms with Crippen molar-refractivity contribution in [2.24, 2.45) is 0 Å². The highest BCUT2D eigenvalue weighted by atomic mass is 35.5. The van der Waals surface area contributed by atoms with Crippen molar-refractivity contribution in [2.45, 2.75) is 25.5 Å². The van der Waals surface area contributed by atoms with E-state index in [0.717, 1.165) is 10.7 Å². The quantitative estimate of drug-likeness (QED) is 0.579. The van der Waals surface area contributed by atoms with E-state index in [-0.39, 0.29) is 12.1 Å². The molecule has 1 aromatic heterocycles. The SMILES string of the molecule is CCCC(O)(NC(=O)c1cc(=O)n(-c2cccc(Cl)c2)[nH]1)C(=O)O. The fourth-order valence-electron chi connectivity index (χ4n) is 2.16. The molecule has 0 aliphatic heterocycles. The largest absolute Gasteiger partial charge is 0.478 e. The van der Waals surface area contributed by atoms with Crippen LogP contribution in [0.3, 0.4) is 0 Å². The standard InChI is InChI=1S/C15H16ClN3O5/c1-2-6-15(24,14(22)23)17-13(21)11-8-12(20)19(18-11)10-5-3-4-9(16)7-10/h3-5,7-8,18,24H,2,6H2,1H3,(H,17,21)(H,22,23). The van der Waals surface area contributed by atoms with Crippen molar-refractivity contribution in [1.82, 2.24) is 15.1 Å². The second-order valence-electron chi connectivity index (χ2n) is 5.19. The molecular formula is C15H16ClN3O5. The molecular weight excluding hydrogens is 338 g/mol. The summed E-state index contributed by atoms with van der Waals surface area (Å²) in [6.45, 7) is 1.66. The number of rotatable bonds is 6. The molecule has 0 saturated carbocycles.